The molecule has 0 saturated heterocycles. The molecule has 2 aromatic carbocycles. The van der Waals surface area contributed by atoms with Crippen molar-refractivity contribution in [3.63, 3.8) is 0 Å². The molecule has 0 aliphatic carbocycles. The van der Waals surface area contributed by atoms with Crippen molar-refractivity contribution < 1.29 is 9.53 Å². The van der Waals surface area contributed by atoms with Gasteiger partial charge in [-0.25, -0.2) is 9.97 Å². The number of benzene rings is 2. The standard InChI is InChI=1S/C21H18N4O2/c22-21-16-6-2-4-8-18(16)24-19(25-21)13-27-20(26)12-11-15-10-9-14-5-1-3-7-17(14)23-15/h1-10H,11-13H2,(H2,22,24,25). The van der Waals surface area contributed by atoms with E-state index in [-0.39, 0.29) is 19.0 Å². The van der Waals surface area contributed by atoms with Crippen molar-refractivity contribution in [3.05, 3.63) is 72.2 Å². The molecule has 4 aromatic rings. The highest BCUT2D eigenvalue weighted by molar-refractivity contribution is 5.87. The second-order valence-corrected chi connectivity index (χ2v) is 6.20. The SMILES string of the molecule is Nc1nc(COC(=O)CCc2ccc3ccccc3n2)nc2ccccc12. The third-order valence-electron chi connectivity index (χ3n) is 4.28. The van der Waals surface area contributed by atoms with Gasteiger partial charge in [0.25, 0.3) is 0 Å². The minimum Gasteiger partial charge on any atom is -0.457 e. The number of para-hydroxylation sites is 2. The van der Waals surface area contributed by atoms with Crippen LogP contribution in [-0.2, 0) is 22.6 Å². The van der Waals surface area contributed by atoms with E-state index in [2.05, 4.69) is 15.0 Å². The zero-order chi connectivity index (χ0) is 18.6. The van der Waals surface area contributed by atoms with Crippen LogP contribution in [0.2, 0.25) is 0 Å². The van der Waals surface area contributed by atoms with Crippen LogP contribution < -0.4 is 5.73 Å². The summed E-state index contributed by atoms with van der Waals surface area (Å²) in [5.41, 5.74) is 8.45. The minimum absolute atomic E-state index is 0.000976. The number of hydrogen-bond acceptors (Lipinski definition) is 6. The first-order valence-electron chi connectivity index (χ1n) is 8.70. The average Bonchev–Trinajstić information content (AvgIpc) is 2.70. The number of aryl methyl sites for hydroxylation is 1. The quantitative estimate of drug-likeness (QED) is 0.550. The number of carbonyl (C=O) groups is 1. The van der Waals surface area contributed by atoms with Gasteiger partial charge in [0.1, 0.15) is 5.82 Å². The van der Waals surface area contributed by atoms with Gasteiger partial charge in [0, 0.05) is 22.9 Å². The molecule has 6 nitrogen and oxygen atoms in total. The predicted octanol–water partition coefficient (Wildman–Crippen LogP) is 3.44. The summed E-state index contributed by atoms with van der Waals surface area (Å²) in [6.45, 7) is -0.000976. The van der Waals surface area contributed by atoms with Gasteiger partial charge in [0.05, 0.1) is 17.5 Å². The number of aromatic nitrogens is 3. The van der Waals surface area contributed by atoms with E-state index in [1.54, 1.807) is 0 Å². The predicted molar refractivity (Wildman–Crippen MR) is 104 cm³/mol. The molecular formula is C21H18N4O2. The Bertz CT molecular complexity index is 1130. The lowest BCUT2D eigenvalue weighted by Gasteiger charge is -2.07. The number of rotatable bonds is 5. The molecule has 134 valence electrons. The van der Waals surface area contributed by atoms with Gasteiger partial charge in [-0.15, -0.1) is 0 Å². The number of hydrogen-bond donors (Lipinski definition) is 1. The van der Waals surface area contributed by atoms with Gasteiger partial charge in [-0.05, 0) is 24.3 Å². The molecule has 0 unspecified atom stereocenters. The lowest BCUT2D eigenvalue weighted by Crippen LogP contribution is -2.09. The Morgan fingerprint density at radius 2 is 1.67 bits per heavy atom. The fourth-order valence-electron chi connectivity index (χ4n) is 2.91. The fraction of sp³-hybridized carbons (Fsp3) is 0.143. The van der Waals surface area contributed by atoms with Gasteiger partial charge in [0.2, 0.25) is 0 Å². The Kier molecular flexibility index (Phi) is 4.61. The molecule has 0 bridgehead atoms. The van der Waals surface area contributed by atoms with Crippen molar-refractivity contribution in [2.24, 2.45) is 0 Å². The Morgan fingerprint density at radius 3 is 2.56 bits per heavy atom. The van der Waals surface area contributed by atoms with Crippen LogP contribution >= 0.6 is 0 Å². The molecule has 6 heteroatoms. The Balaban J connectivity index is 1.36. The van der Waals surface area contributed by atoms with Crippen LogP contribution in [0.25, 0.3) is 21.8 Å². The first-order chi connectivity index (χ1) is 13.2. The minimum atomic E-state index is -0.319. The Labute approximate surface area is 156 Å². The maximum Gasteiger partial charge on any atom is 0.306 e. The maximum atomic E-state index is 12.1. The molecule has 2 aromatic heterocycles. The van der Waals surface area contributed by atoms with Gasteiger partial charge >= 0.3 is 5.97 Å². The second-order valence-electron chi connectivity index (χ2n) is 6.20. The van der Waals surface area contributed by atoms with Crippen LogP contribution in [0.15, 0.2) is 60.7 Å². The zero-order valence-electron chi connectivity index (χ0n) is 14.6. The van der Waals surface area contributed by atoms with E-state index >= 15 is 0 Å². The summed E-state index contributed by atoms with van der Waals surface area (Å²) in [5, 5.41) is 1.87. The molecule has 0 aliphatic heterocycles. The number of esters is 1. The maximum absolute atomic E-state index is 12.1. The molecule has 27 heavy (non-hydrogen) atoms. The number of carbonyl (C=O) groups excluding carboxylic acids is 1. The number of nitrogen functional groups attached to an aromatic ring is 1. The number of nitrogens with two attached hydrogens (primary N) is 1. The van der Waals surface area contributed by atoms with Crippen LogP contribution in [0.3, 0.4) is 0 Å². The number of anilines is 1. The van der Waals surface area contributed by atoms with E-state index in [0.29, 0.717) is 18.1 Å². The summed E-state index contributed by atoms with van der Waals surface area (Å²) in [7, 11) is 0. The average molecular weight is 358 g/mol. The third kappa shape index (κ3) is 3.84. The number of fused-ring (bicyclic) bond motifs is 2. The van der Waals surface area contributed by atoms with Crippen LogP contribution in [0.1, 0.15) is 17.9 Å². The molecule has 0 spiro atoms. The van der Waals surface area contributed by atoms with Gasteiger partial charge in [-0.1, -0.05) is 36.4 Å². The van der Waals surface area contributed by atoms with Crippen molar-refractivity contribution in [2.45, 2.75) is 19.4 Å². The summed E-state index contributed by atoms with van der Waals surface area (Å²) in [6.07, 6.45) is 0.763. The topological polar surface area (TPSA) is 91.0 Å². The van der Waals surface area contributed by atoms with E-state index < -0.39 is 0 Å². The largest absolute Gasteiger partial charge is 0.457 e. The van der Waals surface area contributed by atoms with Crippen LogP contribution in [0, 0.1) is 0 Å². The van der Waals surface area contributed by atoms with Crippen LogP contribution in [-0.4, -0.2) is 20.9 Å². The van der Waals surface area contributed by atoms with Gasteiger partial charge in [-0.2, -0.15) is 0 Å². The van der Waals surface area contributed by atoms with Crippen molar-refractivity contribution in [2.75, 3.05) is 5.73 Å². The molecule has 2 heterocycles. The van der Waals surface area contributed by atoms with Crippen LogP contribution in [0.4, 0.5) is 5.82 Å². The highest BCUT2D eigenvalue weighted by atomic mass is 16.5. The first kappa shape index (κ1) is 16.9. The monoisotopic (exact) mass is 358 g/mol. The summed E-state index contributed by atoms with van der Waals surface area (Å²) in [5.74, 6) is 0.454. The number of nitrogens with zero attached hydrogens (tertiary/aromatic N) is 3. The van der Waals surface area contributed by atoms with Crippen molar-refractivity contribution in [3.8, 4) is 0 Å². The second kappa shape index (κ2) is 7.37. The molecule has 4 rings (SSSR count). The lowest BCUT2D eigenvalue weighted by molar-refractivity contribution is -0.145. The molecule has 0 radical (unpaired) electrons. The number of pyridine rings is 1. The highest BCUT2D eigenvalue weighted by Gasteiger charge is 2.09. The van der Waals surface area contributed by atoms with Crippen molar-refractivity contribution in [1.29, 1.82) is 0 Å². The molecule has 0 aliphatic rings. The normalized spacial score (nSPS) is 11.0. The van der Waals surface area contributed by atoms with Gasteiger partial charge < -0.3 is 10.5 Å². The summed E-state index contributed by atoms with van der Waals surface area (Å²) >= 11 is 0. The lowest BCUT2D eigenvalue weighted by atomic mass is 10.1. The van der Waals surface area contributed by atoms with E-state index in [4.69, 9.17) is 10.5 Å². The van der Waals surface area contributed by atoms with Crippen molar-refractivity contribution in [1.82, 2.24) is 15.0 Å². The smallest absolute Gasteiger partial charge is 0.306 e. The van der Waals surface area contributed by atoms with Gasteiger partial charge in [0.15, 0.2) is 12.4 Å². The third-order valence-corrected chi connectivity index (χ3v) is 4.28. The summed E-state index contributed by atoms with van der Waals surface area (Å²) in [6, 6.07) is 19.3. The summed E-state index contributed by atoms with van der Waals surface area (Å²) < 4.78 is 5.29. The first-order valence-corrected chi connectivity index (χ1v) is 8.70. The summed E-state index contributed by atoms with van der Waals surface area (Å²) in [4.78, 5) is 25.2. The molecule has 0 saturated carbocycles. The molecular weight excluding hydrogens is 340 g/mol. The van der Waals surface area contributed by atoms with Crippen molar-refractivity contribution >= 4 is 33.6 Å². The number of ether oxygens (including phenoxy) is 1. The molecule has 0 amide bonds. The Hall–Kier alpha value is -3.54. The molecule has 0 atom stereocenters. The van der Waals surface area contributed by atoms with E-state index in [1.807, 2.05) is 60.7 Å². The van der Waals surface area contributed by atoms with E-state index in [0.717, 1.165) is 27.5 Å². The van der Waals surface area contributed by atoms with E-state index in [9.17, 15) is 4.79 Å². The van der Waals surface area contributed by atoms with Crippen LogP contribution in [0.5, 0.6) is 0 Å². The zero-order valence-corrected chi connectivity index (χ0v) is 14.6. The Morgan fingerprint density at radius 1 is 0.889 bits per heavy atom. The van der Waals surface area contributed by atoms with Gasteiger partial charge in [-0.3, -0.25) is 9.78 Å². The fourth-order valence-corrected chi connectivity index (χ4v) is 2.91. The highest BCUT2D eigenvalue weighted by Crippen LogP contribution is 2.17. The molecule has 0 fully saturated rings. The molecule has 2 N–H and O–H groups in total. The van der Waals surface area contributed by atoms with E-state index in [1.165, 1.54) is 0 Å².